The molecule has 4 aromatic heterocycles. The third-order valence-electron chi connectivity index (χ3n) is 13.5. The van der Waals surface area contributed by atoms with Gasteiger partial charge in [0, 0.05) is 50.0 Å². The lowest BCUT2D eigenvalue weighted by Gasteiger charge is -2.19. The Morgan fingerprint density at radius 3 is 1.31 bits per heavy atom. The molecular weight excluding hydrogens is 881 g/mol. The van der Waals surface area contributed by atoms with Crippen LogP contribution in [0.2, 0.25) is 0 Å². The molecule has 0 saturated carbocycles. The fraction of sp³-hybridized carbons (Fsp3) is 0. The highest BCUT2D eigenvalue weighted by Crippen LogP contribution is 2.43. The van der Waals surface area contributed by atoms with Crippen LogP contribution in [0.25, 0.3) is 123 Å². The first kappa shape index (κ1) is 41.9. The Kier molecular flexibility index (Phi) is 10.1. The molecule has 0 atom stereocenters. The van der Waals surface area contributed by atoms with E-state index in [-0.39, 0.29) is 0 Å². The second-order valence-electron chi connectivity index (χ2n) is 17.7. The first-order chi connectivity index (χ1) is 35.6. The van der Waals surface area contributed by atoms with Crippen LogP contribution in [-0.4, -0.2) is 29.1 Å². The maximum absolute atomic E-state index is 9.77. The summed E-state index contributed by atoms with van der Waals surface area (Å²) in [6.45, 7) is 0. The lowest BCUT2D eigenvalue weighted by Crippen LogP contribution is -2.04. The normalized spacial score (nSPS) is 11.3. The highest BCUT2D eigenvalue weighted by atomic mass is 15.0. The van der Waals surface area contributed by atoms with E-state index < -0.39 is 0 Å². The highest BCUT2D eigenvalue weighted by Gasteiger charge is 2.24. The second-order valence-corrected chi connectivity index (χ2v) is 17.7. The summed E-state index contributed by atoms with van der Waals surface area (Å²) < 4.78 is 4.65. The highest BCUT2D eigenvalue weighted by molar-refractivity contribution is 6.12. The van der Waals surface area contributed by atoms with Gasteiger partial charge < -0.3 is 9.13 Å². The topological polar surface area (TPSA) is 109 Å². The average Bonchev–Trinajstić information content (AvgIpc) is 3.97. The van der Waals surface area contributed by atoms with Crippen molar-refractivity contribution >= 4 is 43.6 Å². The first-order valence-corrected chi connectivity index (χ1v) is 23.7. The minimum atomic E-state index is 0.532. The fourth-order valence-corrected chi connectivity index (χ4v) is 10.1. The van der Waals surface area contributed by atoms with Crippen molar-refractivity contribution in [1.82, 2.24) is 29.1 Å². The standard InChI is InChI=1S/C64H38N8/c65-39-41-14-11-20-45(34-41)47-27-30-57-52(36-47)50-22-7-9-24-55(50)71(57)59-32-29-49(64-69-62(43-16-3-1-4-17-43)68-63(70-64)44-18-5-2-6-19-44)38-54(59)61-60(26-13-33-67-61)72-56-25-10-8-23-51(56)53-37-48(28-31-58(53)72)46-21-12-15-42(35-46)40-66/h1-38H. The number of benzene rings is 9. The van der Waals surface area contributed by atoms with Gasteiger partial charge >= 0.3 is 0 Å². The van der Waals surface area contributed by atoms with E-state index in [4.69, 9.17) is 19.9 Å². The SMILES string of the molecule is N#Cc1cccc(-c2ccc3c(c2)c2ccccc2n3-c2ccc(-c3nc(-c4ccccc4)nc(-c4ccccc4)n3)cc2-c2ncccc2-n2c3ccccc3c3cc(-c4cccc(C#N)c4)ccc32)c1. The summed E-state index contributed by atoms with van der Waals surface area (Å²) in [6, 6.07) is 80.9. The molecule has 0 saturated heterocycles. The van der Waals surface area contributed by atoms with Crippen molar-refractivity contribution in [1.29, 1.82) is 10.5 Å². The van der Waals surface area contributed by atoms with Crippen molar-refractivity contribution in [2.24, 2.45) is 0 Å². The number of hydrogen-bond acceptors (Lipinski definition) is 6. The summed E-state index contributed by atoms with van der Waals surface area (Å²) in [5, 5.41) is 23.9. The average molecular weight is 919 g/mol. The largest absolute Gasteiger partial charge is 0.309 e. The molecular formula is C64H38N8. The molecule has 13 rings (SSSR count). The van der Waals surface area contributed by atoms with Gasteiger partial charge in [0.2, 0.25) is 0 Å². The second kappa shape index (κ2) is 17.4. The molecule has 13 aromatic rings. The summed E-state index contributed by atoms with van der Waals surface area (Å²) in [5.41, 5.74) is 15.4. The van der Waals surface area contributed by atoms with Crippen LogP contribution < -0.4 is 0 Å². The van der Waals surface area contributed by atoms with Gasteiger partial charge in [-0.1, -0.05) is 133 Å². The number of hydrogen-bond donors (Lipinski definition) is 0. The van der Waals surface area contributed by atoms with E-state index in [9.17, 15) is 10.5 Å². The molecule has 9 aromatic carbocycles. The Balaban J connectivity index is 1.08. The Labute approximate surface area is 414 Å². The summed E-state index contributed by atoms with van der Waals surface area (Å²) >= 11 is 0. The molecule has 0 spiro atoms. The molecule has 0 bridgehead atoms. The number of nitriles is 2. The van der Waals surface area contributed by atoms with E-state index >= 15 is 0 Å². The fourth-order valence-electron chi connectivity index (χ4n) is 10.1. The van der Waals surface area contributed by atoms with Crippen LogP contribution >= 0.6 is 0 Å². The third-order valence-corrected chi connectivity index (χ3v) is 13.5. The first-order valence-electron chi connectivity index (χ1n) is 23.7. The van der Waals surface area contributed by atoms with Gasteiger partial charge in [0.1, 0.15) is 0 Å². The molecule has 0 radical (unpaired) electrons. The number of pyridine rings is 1. The van der Waals surface area contributed by atoms with Crippen molar-refractivity contribution < 1.29 is 0 Å². The number of nitrogens with zero attached hydrogens (tertiary/aromatic N) is 8. The summed E-state index contributed by atoms with van der Waals surface area (Å²) in [4.78, 5) is 20.7. The van der Waals surface area contributed by atoms with Crippen LogP contribution in [-0.2, 0) is 0 Å². The lowest BCUT2D eigenvalue weighted by molar-refractivity contribution is 1.07. The van der Waals surface area contributed by atoms with Crippen molar-refractivity contribution in [3.8, 4) is 91.2 Å². The maximum atomic E-state index is 9.77. The molecule has 0 unspecified atom stereocenters. The number of rotatable bonds is 8. The van der Waals surface area contributed by atoms with Gasteiger partial charge in [0.15, 0.2) is 17.5 Å². The molecule has 0 aliphatic rings. The van der Waals surface area contributed by atoms with Gasteiger partial charge in [0.25, 0.3) is 0 Å². The number of aromatic nitrogens is 6. The van der Waals surface area contributed by atoms with Crippen LogP contribution in [0.1, 0.15) is 11.1 Å². The zero-order valence-electron chi connectivity index (χ0n) is 38.5. The molecule has 0 fully saturated rings. The quantitative estimate of drug-likeness (QED) is 0.150. The third kappa shape index (κ3) is 7.15. The minimum Gasteiger partial charge on any atom is -0.309 e. The Hall–Kier alpha value is -10.3. The van der Waals surface area contributed by atoms with Gasteiger partial charge in [-0.2, -0.15) is 10.5 Å². The van der Waals surface area contributed by atoms with E-state index in [1.165, 1.54) is 0 Å². The van der Waals surface area contributed by atoms with Crippen molar-refractivity contribution in [2.45, 2.75) is 0 Å². The van der Waals surface area contributed by atoms with Crippen molar-refractivity contribution in [3.05, 3.63) is 242 Å². The summed E-state index contributed by atoms with van der Waals surface area (Å²) in [6.07, 6.45) is 1.86. The van der Waals surface area contributed by atoms with E-state index in [0.717, 1.165) is 105 Å². The van der Waals surface area contributed by atoms with Crippen molar-refractivity contribution in [2.75, 3.05) is 0 Å². The Morgan fingerprint density at radius 1 is 0.319 bits per heavy atom. The summed E-state index contributed by atoms with van der Waals surface area (Å²) in [7, 11) is 0. The van der Waals surface area contributed by atoms with Gasteiger partial charge in [-0.05, 0) is 113 Å². The number of fused-ring (bicyclic) bond motifs is 6. The van der Waals surface area contributed by atoms with Gasteiger partial charge in [-0.25, -0.2) is 15.0 Å². The predicted molar refractivity (Wildman–Crippen MR) is 288 cm³/mol. The lowest BCUT2D eigenvalue weighted by atomic mass is 10.0. The Bertz CT molecular complexity index is 4310. The predicted octanol–water partition coefficient (Wildman–Crippen LogP) is 15.2. The van der Waals surface area contributed by atoms with Crippen LogP contribution in [0, 0.1) is 22.7 Å². The van der Waals surface area contributed by atoms with E-state index in [0.29, 0.717) is 28.6 Å². The molecule has 0 N–H and O–H groups in total. The van der Waals surface area contributed by atoms with Crippen LogP contribution in [0.5, 0.6) is 0 Å². The van der Waals surface area contributed by atoms with Gasteiger partial charge in [0.05, 0.1) is 62.4 Å². The molecule has 0 aliphatic heterocycles. The smallest absolute Gasteiger partial charge is 0.164 e. The molecule has 8 heteroatoms. The van der Waals surface area contributed by atoms with E-state index in [1.807, 2.05) is 109 Å². The maximum Gasteiger partial charge on any atom is 0.164 e. The van der Waals surface area contributed by atoms with E-state index in [2.05, 4.69) is 143 Å². The zero-order valence-corrected chi connectivity index (χ0v) is 38.5. The Morgan fingerprint density at radius 2 is 0.764 bits per heavy atom. The molecule has 0 amide bonds. The van der Waals surface area contributed by atoms with E-state index in [1.54, 1.807) is 0 Å². The molecule has 334 valence electrons. The number of para-hydroxylation sites is 2. The molecule has 4 heterocycles. The minimum absolute atomic E-state index is 0.532. The summed E-state index contributed by atoms with van der Waals surface area (Å²) in [5.74, 6) is 1.68. The molecule has 8 nitrogen and oxygen atoms in total. The molecule has 72 heavy (non-hydrogen) atoms. The van der Waals surface area contributed by atoms with Crippen LogP contribution in [0.3, 0.4) is 0 Å². The van der Waals surface area contributed by atoms with Gasteiger partial charge in [-0.15, -0.1) is 0 Å². The molecule has 0 aliphatic carbocycles. The van der Waals surface area contributed by atoms with Crippen LogP contribution in [0.15, 0.2) is 231 Å². The van der Waals surface area contributed by atoms with Crippen molar-refractivity contribution in [3.63, 3.8) is 0 Å². The van der Waals surface area contributed by atoms with Crippen LogP contribution in [0.4, 0.5) is 0 Å². The van der Waals surface area contributed by atoms with Gasteiger partial charge in [-0.3, -0.25) is 4.98 Å². The zero-order chi connectivity index (χ0) is 48.1. The monoisotopic (exact) mass is 918 g/mol.